The number of H-pyrrole nitrogens is 1. The average molecular weight is 500 g/mol. The van der Waals surface area contributed by atoms with Gasteiger partial charge in [-0.25, -0.2) is 13.8 Å². The number of alkyl halides is 2. The number of aromatic nitrogens is 3. The normalized spacial score (nSPS) is 11.4. The van der Waals surface area contributed by atoms with Crippen molar-refractivity contribution < 1.29 is 22.8 Å². The summed E-state index contributed by atoms with van der Waals surface area (Å²) >= 11 is 2.24. The van der Waals surface area contributed by atoms with E-state index in [1.54, 1.807) is 18.2 Å². The minimum Gasteiger partial charge on any atom is -0.463 e. The molecule has 172 valence electrons. The largest absolute Gasteiger partial charge is 0.463 e. The molecule has 0 saturated carbocycles. The van der Waals surface area contributed by atoms with Crippen molar-refractivity contribution in [3.63, 3.8) is 0 Å². The van der Waals surface area contributed by atoms with Crippen LogP contribution in [0.15, 0.2) is 47.1 Å². The van der Waals surface area contributed by atoms with Gasteiger partial charge < -0.3 is 15.5 Å². The summed E-state index contributed by atoms with van der Waals surface area (Å²) in [5.41, 5.74) is 6.18. The van der Waals surface area contributed by atoms with Crippen LogP contribution in [-0.2, 0) is 0 Å². The van der Waals surface area contributed by atoms with Crippen molar-refractivity contribution in [3.8, 4) is 21.9 Å². The van der Waals surface area contributed by atoms with Gasteiger partial charge in [0.15, 0.2) is 11.5 Å². The van der Waals surface area contributed by atoms with Crippen molar-refractivity contribution in [1.29, 1.82) is 0 Å². The second kappa shape index (κ2) is 8.47. The quantitative estimate of drug-likeness (QED) is 0.280. The average Bonchev–Trinajstić information content (AvgIpc) is 3.58. The Kier molecular flexibility index (Phi) is 5.46. The van der Waals surface area contributed by atoms with E-state index in [1.807, 2.05) is 13.0 Å². The number of halogens is 2. The maximum atomic E-state index is 13.6. The fourth-order valence-electron chi connectivity index (χ4n) is 3.47. The van der Waals surface area contributed by atoms with E-state index in [2.05, 4.69) is 20.5 Å². The van der Waals surface area contributed by atoms with Crippen LogP contribution >= 0.6 is 22.7 Å². The van der Waals surface area contributed by atoms with Crippen LogP contribution in [0.2, 0.25) is 0 Å². The van der Waals surface area contributed by atoms with Crippen LogP contribution in [0.1, 0.15) is 37.2 Å². The summed E-state index contributed by atoms with van der Waals surface area (Å²) in [5.74, 6) is -0.949. The molecule has 34 heavy (non-hydrogen) atoms. The third kappa shape index (κ3) is 3.86. The Balaban J connectivity index is 1.64. The molecule has 0 aromatic carbocycles. The maximum Gasteiger partial charge on any atom is 0.280 e. The molecule has 0 radical (unpaired) electrons. The zero-order chi connectivity index (χ0) is 24.0. The van der Waals surface area contributed by atoms with E-state index in [1.165, 1.54) is 29.7 Å². The number of fused-ring (bicyclic) bond motifs is 1. The molecular weight excluding hydrogens is 484 g/mol. The highest BCUT2D eigenvalue weighted by Crippen LogP contribution is 2.44. The second-order valence-corrected chi connectivity index (χ2v) is 9.54. The molecule has 5 rings (SSSR count). The Bertz CT molecular complexity index is 1540. The molecular formula is C22H15F2N5O3S2. The Labute approximate surface area is 198 Å². The zero-order valence-electron chi connectivity index (χ0n) is 17.4. The summed E-state index contributed by atoms with van der Waals surface area (Å²) in [6.45, 7) is 1.89. The molecule has 0 aliphatic heterocycles. The van der Waals surface area contributed by atoms with Gasteiger partial charge in [-0.05, 0) is 37.3 Å². The third-order valence-electron chi connectivity index (χ3n) is 4.97. The topological polar surface area (TPSA) is 127 Å². The lowest BCUT2D eigenvalue weighted by molar-refractivity contribution is 0.100. The van der Waals surface area contributed by atoms with Gasteiger partial charge in [0.05, 0.1) is 12.0 Å². The highest BCUT2D eigenvalue weighted by molar-refractivity contribution is 7.21. The molecule has 0 spiro atoms. The summed E-state index contributed by atoms with van der Waals surface area (Å²) in [7, 11) is 0. The van der Waals surface area contributed by atoms with Crippen molar-refractivity contribution in [3.05, 3.63) is 63.8 Å². The zero-order valence-corrected chi connectivity index (χ0v) is 19.0. The summed E-state index contributed by atoms with van der Waals surface area (Å²) < 4.78 is 32.4. The fraction of sp³-hybridized carbons (Fsp3) is 0.0909. The van der Waals surface area contributed by atoms with E-state index < -0.39 is 23.9 Å². The van der Waals surface area contributed by atoms with Crippen LogP contribution in [0.25, 0.3) is 32.1 Å². The van der Waals surface area contributed by atoms with Crippen molar-refractivity contribution in [1.82, 2.24) is 15.2 Å². The van der Waals surface area contributed by atoms with Gasteiger partial charge in [-0.15, -0.1) is 22.7 Å². The first kappa shape index (κ1) is 21.9. The minimum absolute atomic E-state index is 0.00131. The summed E-state index contributed by atoms with van der Waals surface area (Å²) in [5, 5.41) is 9.77. The number of nitrogens with two attached hydrogens (primary N) is 1. The van der Waals surface area contributed by atoms with E-state index >= 15 is 0 Å². The summed E-state index contributed by atoms with van der Waals surface area (Å²) in [4.78, 5) is 31.1. The number of nitrogens with one attached hydrogen (secondary N) is 2. The molecule has 2 amide bonds. The van der Waals surface area contributed by atoms with Crippen molar-refractivity contribution >= 4 is 50.4 Å². The highest BCUT2D eigenvalue weighted by Gasteiger charge is 2.26. The Morgan fingerprint density at radius 2 is 2.03 bits per heavy atom. The number of rotatable bonds is 6. The Morgan fingerprint density at radius 1 is 1.21 bits per heavy atom. The lowest BCUT2D eigenvalue weighted by atomic mass is 10.1. The number of carbonyl (C=O) groups is 2. The molecule has 5 heterocycles. The number of thiophene rings is 2. The molecule has 8 nitrogen and oxygen atoms in total. The predicted octanol–water partition coefficient (Wildman–Crippen LogP) is 5.61. The Morgan fingerprint density at radius 3 is 2.68 bits per heavy atom. The first-order valence-electron chi connectivity index (χ1n) is 9.84. The van der Waals surface area contributed by atoms with Crippen LogP contribution in [0.3, 0.4) is 0 Å². The number of aromatic amines is 1. The molecule has 5 aromatic heterocycles. The number of aryl methyl sites for hydroxylation is 1. The molecule has 4 N–H and O–H groups in total. The number of hydrogen-bond acceptors (Lipinski definition) is 7. The first-order chi connectivity index (χ1) is 16.3. The van der Waals surface area contributed by atoms with Crippen LogP contribution < -0.4 is 11.1 Å². The fourth-order valence-corrected chi connectivity index (χ4v) is 5.37. The molecule has 0 aliphatic carbocycles. The van der Waals surface area contributed by atoms with Crippen LogP contribution in [0.4, 0.5) is 14.5 Å². The van der Waals surface area contributed by atoms with E-state index in [-0.39, 0.29) is 21.1 Å². The summed E-state index contributed by atoms with van der Waals surface area (Å²) in [6.07, 6.45) is -1.33. The SMILES string of the molecule is Cc1ccc(-c2cc(C(F)F)nc3sc(C(N)=O)c(NC(=O)c4cc(-c5ccco5)[nH]n4)c23)s1. The van der Waals surface area contributed by atoms with Gasteiger partial charge in [-0.3, -0.25) is 14.7 Å². The smallest absolute Gasteiger partial charge is 0.280 e. The minimum atomic E-state index is -2.81. The van der Waals surface area contributed by atoms with Gasteiger partial charge in [-0.1, -0.05) is 0 Å². The molecule has 0 aliphatic rings. The highest BCUT2D eigenvalue weighted by atomic mass is 32.1. The number of anilines is 1. The van der Waals surface area contributed by atoms with Crippen LogP contribution in [0, 0.1) is 6.92 Å². The van der Waals surface area contributed by atoms with Crippen molar-refractivity contribution in [2.24, 2.45) is 5.73 Å². The van der Waals surface area contributed by atoms with Crippen molar-refractivity contribution in [2.45, 2.75) is 13.3 Å². The number of nitrogens with zero attached hydrogens (tertiary/aromatic N) is 2. The lowest BCUT2D eigenvalue weighted by Gasteiger charge is -2.09. The van der Waals surface area contributed by atoms with Crippen molar-refractivity contribution in [2.75, 3.05) is 5.32 Å². The molecule has 0 bridgehead atoms. The van der Waals surface area contributed by atoms with Gasteiger partial charge in [0.25, 0.3) is 18.2 Å². The second-order valence-electron chi connectivity index (χ2n) is 7.25. The van der Waals surface area contributed by atoms with Gasteiger partial charge in [0.1, 0.15) is 21.1 Å². The first-order valence-corrected chi connectivity index (χ1v) is 11.5. The molecule has 0 atom stereocenters. The van der Waals surface area contributed by atoms with Gasteiger partial charge in [-0.2, -0.15) is 5.10 Å². The number of amides is 2. The van der Waals surface area contributed by atoms with Crippen LogP contribution in [-0.4, -0.2) is 27.0 Å². The third-order valence-corrected chi connectivity index (χ3v) is 7.10. The van der Waals surface area contributed by atoms with Gasteiger partial charge in [0, 0.05) is 26.8 Å². The standard InChI is InChI=1S/C22H15F2N5O3S2/c1-9-4-5-15(33-9)10-7-12(19(23)24)26-22-16(10)17(18(34-22)20(25)30)27-21(31)13-8-11(28-29-13)14-3-2-6-32-14/h2-8,19H,1H3,(H2,25,30)(H,27,31)(H,28,29). The number of primary amides is 1. The van der Waals surface area contributed by atoms with Gasteiger partial charge in [0.2, 0.25) is 0 Å². The number of furan rings is 1. The maximum absolute atomic E-state index is 13.6. The molecule has 0 saturated heterocycles. The number of carbonyl (C=O) groups excluding carboxylic acids is 2. The monoisotopic (exact) mass is 499 g/mol. The van der Waals surface area contributed by atoms with E-state index in [9.17, 15) is 18.4 Å². The van der Waals surface area contributed by atoms with Gasteiger partial charge >= 0.3 is 0 Å². The molecule has 5 aromatic rings. The number of hydrogen-bond donors (Lipinski definition) is 3. The predicted molar refractivity (Wildman–Crippen MR) is 125 cm³/mol. The summed E-state index contributed by atoms with van der Waals surface area (Å²) in [6, 6.07) is 9.81. The molecule has 0 unspecified atom stereocenters. The molecule has 0 fully saturated rings. The molecule has 12 heteroatoms. The lowest BCUT2D eigenvalue weighted by Crippen LogP contribution is -2.17. The van der Waals surface area contributed by atoms with E-state index in [4.69, 9.17) is 10.2 Å². The van der Waals surface area contributed by atoms with E-state index in [0.29, 0.717) is 27.3 Å². The van der Waals surface area contributed by atoms with Crippen LogP contribution in [0.5, 0.6) is 0 Å². The Hall–Kier alpha value is -3.90. The number of pyridine rings is 1. The van der Waals surface area contributed by atoms with E-state index in [0.717, 1.165) is 16.2 Å².